The summed E-state index contributed by atoms with van der Waals surface area (Å²) < 4.78 is 0. The Morgan fingerprint density at radius 2 is 1.73 bits per heavy atom. The minimum atomic E-state index is -0.760. The van der Waals surface area contributed by atoms with Gasteiger partial charge in [-0.05, 0) is 24.2 Å². The highest BCUT2D eigenvalue weighted by Crippen LogP contribution is 2.36. The van der Waals surface area contributed by atoms with E-state index in [1.807, 2.05) is 13.8 Å². The summed E-state index contributed by atoms with van der Waals surface area (Å²) in [4.78, 5) is 11.3. The van der Waals surface area contributed by atoms with E-state index in [1.165, 1.54) is 0 Å². The van der Waals surface area contributed by atoms with Crippen LogP contribution in [0.5, 0.6) is 0 Å². The average molecular weight is 215 g/mol. The van der Waals surface area contributed by atoms with Gasteiger partial charge in [0.2, 0.25) is 0 Å². The molecule has 0 saturated heterocycles. The molecule has 0 aliphatic heterocycles. The number of hydrogen-bond donors (Lipinski definition) is 2. The second-order valence-electron chi connectivity index (χ2n) is 5.88. The highest BCUT2D eigenvalue weighted by atomic mass is 16.4. The molecule has 0 spiro atoms. The van der Waals surface area contributed by atoms with Crippen LogP contribution in [-0.2, 0) is 4.79 Å². The van der Waals surface area contributed by atoms with Crippen LogP contribution in [-0.4, -0.2) is 17.6 Å². The predicted octanol–water partition coefficient (Wildman–Crippen LogP) is 2.50. The van der Waals surface area contributed by atoms with Crippen molar-refractivity contribution in [1.29, 1.82) is 0 Å². The number of aliphatic carboxylic acids is 1. The molecular formula is C12H25NO2. The van der Waals surface area contributed by atoms with Gasteiger partial charge >= 0.3 is 5.97 Å². The molecule has 0 aromatic heterocycles. The zero-order chi connectivity index (χ0) is 12.3. The first-order valence-electron chi connectivity index (χ1n) is 5.59. The summed E-state index contributed by atoms with van der Waals surface area (Å²) in [6, 6.07) is 0. The van der Waals surface area contributed by atoms with Crippen molar-refractivity contribution >= 4 is 5.97 Å². The van der Waals surface area contributed by atoms with Gasteiger partial charge < -0.3 is 10.8 Å². The van der Waals surface area contributed by atoms with E-state index >= 15 is 0 Å². The third kappa shape index (κ3) is 3.82. The first-order chi connectivity index (χ1) is 6.65. The third-order valence-electron chi connectivity index (χ3n) is 3.22. The van der Waals surface area contributed by atoms with Gasteiger partial charge in [-0.3, -0.25) is 4.79 Å². The Morgan fingerprint density at radius 1 is 1.27 bits per heavy atom. The van der Waals surface area contributed by atoms with Crippen molar-refractivity contribution in [3.63, 3.8) is 0 Å². The summed E-state index contributed by atoms with van der Waals surface area (Å²) in [6.07, 6.45) is 1.54. The summed E-state index contributed by atoms with van der Waals surface area (Å²) in [5, 5.41) is 9.31. The fourth-order valence-electron chi connectivity index (χ4n) is 1.67. The molecule has 15 heavy (non-hydrogen) atoms. The Labute approximate surface area is 93.0 Å². The van der Waals surface area contributed by atoms with Crippen LogP contribution in [0.1, 0.15) is 47.5 Å². The Morgan fingerprint density at radius 3 is 1.93 bits per heavy atom. The highest BCUT2D eigenvalue weighted by molar-refractivity contribution is 5.75. The quantitative estimate of drug-likeness (QED) is 0.740. The maximum atomic E-state index is 11.3. The number of carbonyl (C=O) groups is 1. The third-order valence-corrected chi connectivity index (χ3v) is 3.22. The van der Waals surface area contributed by atoms with Gasteiger partial charge in [-0.2, -0.15) is 0 Å². The second-order valence-corrected chi connectivity index (χ2v) is 5.88. The largest absolute Gasteiger partial charge is 0.481 e. The molecule has 1 unspecified atom stereocenters. The fraction of sp³-hybridized carbons (Fsp3) is 0.917. The Balaban J connectivity index is 4.72. The van der Waals surface area contributed by atoms with Gasteiger partial charge in [-0.25, -0.2) is 0 Å². The topological polar surface area (TPSA) is 63.3 Å². The van der Waals surface area contributed by atoms with Crippen molar-refractivity contribution in [3.8, 4) is 0 Å². The fourth-order valence-corrected chi connectivity index (χ4v) is 1.67. The summed E-state index contributed by atoms with van der Waals surface area (Å²) in [7, 11) is 0. The molecular weight excluding hydrogens is 190 g/mol. The highest BCUT2D eigenvalue weighted by Gasteiger charge is 2.40. The molecule has 0 fully saturated rings. The van der Waals surface area contributed by atoms with Crippen molar-refractivity contribution < 1.29 is 9.90 Å². The van der Waals surface area contributed by atoms with E-state index < -0.39 is 11.4 Å². The minimum Gasteiger partial charge on any atom is -0.481 e. The van der Waals surface area contributed by atoms with E-state index in [2.05, 4.69) is 20.8 Å². The van der Waals surface area contributed by atoms with Crippen molar-refractivity contribution in [3.05, 3.63) is 0 Å². The Kier molecular flexibility index (Phi) is 4.78. The molecule has 0 radical (unpaired) electrons. The van der Waals surface area contributed by atoms with E-state index in [4.69, 9.17) is 5.73 Å². The van der Waals surface area contributed by atoms with Crippen LogP contribution in [0.2, 0.25) is 0 Å². The molecule has 3 N–H and O–H groups in total. The molecule has 90 valence electrons. The number of carboxylic acids is 1. The molecule has 0 rings (SSSR count). The van der Waals surface area contributed by atoms with Gasteiger partial charge in [0.15, 0.2) is 0 Å². The minimum absolute atomic E-state index is 0.0716. The summed E-state index contributed by atoms with van der Waals surface area (Å²) >= 11 is 0. The number of nitrogens with two attached hydrogens (primary N) is 1. The molecule has 3 heteroatoms. The number of carboxylic acid groups (broad SMARTS) is 1. The van der Waals surface area contributed by atoms with E-state index in [1.54, 1.807) is 0 Å². The van der Waals surface area contributed by atoms with Gasteiger partial charge in [0, 0.05) is 6.54 Å². The Bertz CT molecular complexity index is 218. The lowest BCUT2D eigenvalue weighted by Crippen LogP contribution is -2.43. The van der Waals surface area contributed by atoms with E-state index in [-0.39, 0.29) is 17.9 Å². The molecule has 3 nitrogen and oxygen atoms in total. The van der Waals surface area contributed by atoms with Crippen LogP contribution < -0.4 is 5.73 Å². The number of hydrogen-bond acceptors (Lipinski definition) is 2. The van der Waals surface area contributed by atoms with Gasteiger partial charge in [0.25, 0.3) is 0 Å². The van der Waals surface area contributed by atoms with Gasteiger partial charge in [0.05, 0.1) is 5.41 Å². The maximum Gasteiger partial charge on any atom is 0.311 e. The SMILES string of the molecule is CC(C)C(CN)(CCC(C)(C)C)C(=O)O. The van der Waals surface area contributed by atoms with Gasteiger partial charge in [-0.15, -0.1) is 0 Å². The summed E-state index contributed by atoms with van der Waals surface area (Å²) in [5.74, 6) is -0.688. The first kappa shape index (κ1) is 14.4. The molecule has 0 amide bonds. The van der Waals surface area contributed by atoms with Gasteiger partial charge in [0.1, 0.15) is 0 Å². The zero-order valence-corrected chi connectivity index (χ0v) is 10.6. The average Bonchev–Trinajstić information content (AvgIpc) is 2.02. The van der Waals surface area contributed by atoms with Crippen LogP contribution in [0.15, 0.2) is 0 Å². The number of rotatable bonds is 5. The first-order valence-corrected chi connectivity index (χ1v) is 5.59. The molecule has 0 aliphatic rings. The van der Waals surface area contributed by atoms with Crippen LogP contribution >= 0.6 is 0 Å². The van der Waals surface area contributed by atoms with E-state index in [9.17, 15) is 9.90 Å². The van der Waals surface area contributed by atoms with Crippen molar-refractivity contribution in [2.75, 3.05) is 6.54 Å². The van der Waals surface area contributed by atoms with Crippen molar-refractivity contribution in [2.45, 2.75) is 47.5 Å². The lowest BCUT2D eigenvalue weighted by molar-refractivity contribution is -0.152. The smallest absolute Gasteiger partial charge is 0.311 e. The van der Waals surface area contributed by atoms with E-state index in [0.29, 0.717) is 6.42 Å². The summed E-state index contributed by atoms with van der Waals surface area (Å²) in [6.45, 7) is 10.5. The molecule has 0 bridgehead atoms. The predicted molar refractivity (Wildman–Crippen MR) is 62.7 cm³/mol. The normalized spacial score (nSPS) is 16.5. The van der Waals surface area contributed by atoms with Crippen LogP contribution in [0.25, 0.3) is 0 Å². The van der Waals surface area contributed by atoms with Crippen LogP contribution in [0, 0.1) is 16.7 Å². The van der Waals surface area contributed by atoms with E-state index in [0.717, 1.165) is 6.42 Å². The van der Waals surface area contributed by atoms with Crippen molar-refractivity contribution in [2.24, 2.45) is 22.5 Å². The van der Waals surface area contributed by atoms with Crippen LogP contribution in [0.3, 0.4) is 0 Å². The lowest BCUT2D eigenvalue weighted by Gasteiger charge is -2.34. The summed E-state index contributed by atoms with van der Waals surface area (Å²) in [5.41, 5.74) is 5.06. The molecule has 1 atom stereocenters. The molecule has 0 heterocycles. The standard InChI is InChI=1S/C12H25NO2/c1-9(2)12(8-13,10(14)15)7-6-11(3,4)5/h9H,6-8,13H2,1-5H3,(H,14,15). The second kappa shape index (κ2) is 4.97. The van der Waals surface area contributed by atoms with Crippen molar-refractivity contribution in [1.82, 2.24) is 0 Å². The maximum absolute atomic E-state index is 11.3. The molecule has 0 saturated carbocycles. The van der Waals surface area contributed by atoms with Crippen LogP contribution in [0.4, 0.5) is 0 Å². The Hall–Kier alpha value is -0.570. The van der Waals surface area contributed by atoms with Gasteiger partial charge in [-0.1, -0.05) is 34.6 Å². The zero-order valence-electron chi connectivity index (χ0n) is 10.6. The lowest BCUT2D eigenvalue weighted by atomic mass is 9.71. The molecule has 0 aromatic carbocycles. The molecule has 0 aliphatic carbocycles. The monoisotopic (exact) mass is 215 g/mol. The molecule has 0 aromatic rings.